The Kier molecular flexibility index (Phi) is 3.38. The molecule has 0 aromatic carbocycles. The molecule has 0 aliphatic rings. The quantitative estimate of drug-likeness (QED) is 0.710. The maximum absolute atomic E-state index is 11.8. The molecule has 0 amide bonds. The van der Waals surface area contributed by atoms with Crippen LogP contribution in [0.5, 0.6) is 5.75 Å². The molecule has 72 valence electrons. The summed E-state index contributed by atoms with van der Waals surface area (Å²) in [6, 6.07) is 0. The minimum atomic E-state index is -4.68. The zero-order valence-corrected chi connectivity index (χ0v) is 9.64. The van der Waals surface area contributed by atoms with Crippen molar-refractivity contribution in [3.05, 3.63) is 20.4 Å². The van der Waals surface area contributed by atoms with E-state index in [9.17, 15) is 13.2 Å². The van der Waals surface area contributed by atoms with E-state index < -0.39 is 6.36 Å². The molecule has 0 spiro atoms. The van der Waals surface area contributed by atoms with Crippen LogP contribution in [0.4, 0.5) is 13.2 Å². The molecule has 0 unspecified atom stereocenters. The number of alkyl halides is 3. The lowest BCUT2D eigenvalue weighted by atomic mass is 10.5. The first kappa shape index (κ1) is 11.0. The standard InChI is InChI=1S/C6H2BrF3INO/c7-3-1-12-2-4(11)5(3)13-6(8,9)10/h1-2H. The van der Waals surface area contributed by atoms with Gasteiger partial charge in [-0.15, -0.1) is 13.2 Å². The van der Waals surface area contributed by atoms with E-state index in [1.165, 1.54) is 12.4 Å². The summed E-state index contributed by atoms with van der Waals surface area (Å²) in [4.78, 5) is 3.67. The Morgan fingerprint density at radius 1 is 1.38 bits per heavy atom. The average Bonchev–Trinajstić information content (AvgIpc) is 1.95. The molecule has 0 saturated heterocycles. The monoisotopic (exact) mass is 367 g/mol. The summed E-state index contributed by atoms with van der Waals surface area (Å²) in [6.07, 6.45) is -2.15. The molecule has 0 saturated carbocycles. The van der Waals surface area contributed by atoms with Gasteiger partial charge in [-0.05, 0) is 38.5 Å². The zero-order chi connectivity index (χ0) is 10.1. The minimum absolute atomic E-state index is 0.178. The lowest BCUT2D eigenvalue weighted by Crippen LogP contribution is -2.18. The SMILES string of the molecule is FC(F)(F)Oc1c(Br)cncc1I. The van der Waals surface area contributed by atoms with E-state index in [1.54, 1.807) is 22.6 Å². The second kappa shape index (κ2) is 3.99. The molecule has 1 aromatic rings. The Balaban J connectivity index is 3.00. The highest BCUT2D eigenvalue weighted by atomic mass is 127. The van der Waals surface area contributed by atoms with Gasteiger partial charge in [-0.3, -0.25) is 4.98 Å². The van der Waals surface area contributed by atoms with Crippen LogP contribution in [-0.4, -0.2) is 11.3 Å². The van der Waals surface area contributed by atoms with Gasteiger partial charge in [-0.25, -0.2) is 0 Å². The smallest absolute Gasteiger partial charge is 0.403 e. The predicted octanol–water partition coefficient (Wildman–Crippen LogP) is 3.35. The maximum Gasteiger partial charge on any atom is 0.573 e. The molecule has 1 aromatic heterocycles. The summed E-state index contributed by atoms with van der Waals surface area (Å²) in [5, 5.41) is 0. The van der Waals surface area contributed by atoms with Gasteiger partial charge >= 0.3 is 6.36 Å². The number of nitrogens with zero attached hydrogens (tertiary/aromatic N) is 1. The first-order chi connectivity index (χ1) is 5.90. The summed E-state index contributed by atoms with van der Waals surface area (Å²) in [5.41, 5.74) is 0. The molecular formula is C6H2BrF3INO. The Labute approximate surface area is 93.8 Å². The fraction of sp³-hybridized carbons (Fsp3) is 0.167. The average molecular weight is 368 g/mol. The van der Waals surface area contributed by atoms with Crippen molar-refractivity contribution >= 4 is 38.5 Å². The lowest BCUT2D eigenvalue weighted by Gasteiger charge is -2.11. The largest absolute Gasteiger partial charge is 0.573 e. The maximum atomic E-state index is 11.8. The van der Waals surface area contributed by atoms with Gasteiger partial charge in [-0.2, -0.15) is 0 Å². The fourth-order valence-electron chi connectivity index (χ4n) is 0.613. The topological polar surface area (TPSA) is 22.1 Å². The Morgan fingerprint density at radius 3 is 2.46 bits per heavy atom. The van der Waals surface area contributed by atoms with Crippen molar-refractivity contribution in [2.24, 2.45) is 0 Å². The van der Waals surface area contributed by atoms with Gasteiger partial charge in [0.25, 0.3) is 0 Å². The summed E-state index contributed by atoms with van der Waals surface area (Å²) < 4.78 is 39.7. The summed E-state index contributed by atoms with van der Waals surface area (Å²) in [5.74, 6) is -0.261. The third-order valence-corrected chi connectivity index (χ3v) is 2.36. The highest BCUT2D eigenvalue weighted by Gasteiger charge is 2.32. The number of hydrogen-bond acceptors (Lipinski definition) is 2. The van der Waals surface area contributed by atoms with Crippen molar-refractivity contribution in [2.45, 2.75) is 6.36 Å². The number of pyridine rings is 1. The zero-order valence-electron chi connectivity index (χ0n) is 5.90. The van der Waals surface area contributed by atoms with Crippen LogP contribution >= 0.6 is 38.5 Å². The van der Waals surface area contributed by atoms with Crippen molar-refractivity contribution < 1.29 is 17.9 Å². The molecule has 2 nitrogen and oxygen atoms in total. The predicted molar refractivity (Wildman–Crippen MR) is 51.3 cm³/mol. The minimum Gasteiger partial charge on any atom is -0.403 e. The van der Waals surface area contributed by atoms with Gasteiger partial charge in [-0.1, -0.05) is 0 Å². The normalized spacial score (nSPS) is 11.5. The molecule has 7 heteroatoms. The summed E-state index contributed by atoms with van der Waals surface area (Å²) >= 11 is 4.62. The van der Waals surface area contributed by atoms with Gasteiger partial charge in [0.1, 0.15) is 0 Å². The van der Waals surface area contributed by atoms with Crippen LogP contribution in [-0.2, 0) is 0 Å². The van der Waals surface area contributed by atoms with E-state index in [0.717, 1.165) is 0 Å². The molecule has 1 heterocycles. The Bertz CT molecular complexity index is 297. The van der Waals surface area contributed by atoms with E-state index in [1.807, 2.05) is 0 Å². The van der Waals surface area contributed by atoms with Crippen LogP contribution in [0.25, 0.3) is 0 Å². The molecule has 0 aliphatic carbocycles. The van der Waals surface area contributed by atoms with Gasteiger partial charge < -0.3 is 4.74 Å². The molecule has 1 rings (SSSR count). The number of rotatable bonds is 1. The number of aromatic nitrogens is 1. The van der Waals surface area contributed by atoms with Gasteiger partial charge in [0.05, 0.1) is 8.04 Å². The molecule has 13 heavy (non-hydrogen) atoms. The van der Waals surface area contributed by atoms with Crippen molar-refractivity contribution in [3.8, 4) is 5.75 Å². The Morgan fingerprint density at radius 2 is 2.00 bits per heavy atom. The van der Waals surface area contributed by atoms with E-state index >= 15 is 0 Å². The number of ether oxygens (including phenoxy) is 1. The number of hydrogen-bond donors (Lipinski definition) is 0. The van der Waals surface area contributed by atoms with Crippen molar-refractivity contribution in [2.75, 3.05) is 0 Å². The van der Waals surface area contributed by atoms with Crippen molar-refractivity contribution in [3.63, 3.8) is 0 Å². The molecule has 0 aliphatic heterocycles. The van der Waals surface area contributed by atoms with E-state index in [-0.39, 0.29) is 10.2 Å². The van der Waals surface area contributed by atoms with E-state index in [2.05, 4.69) is 25.7 Å². The molecule has 0 fully saturated rings. The van der Waals surface area contributed by atoms with Crippen LogP contribution in [0.2, 0.25) is 0 Å². The van der Waals surface area contributed by atoms with E-state index in [4.69, 9.17) is 0 Å². The van der Waals surface area contributed by atoms with Crippen LogP contribution < -0.4 is 4.74 Å². The molecule has 0 bridgehead atoms. The molecular weight excluding hydrogens is 366 g/mol. The highest BCUT2D eigenvalue weighted by Crippen LogP contribution is 2.33. The second-order valence-electron chi connectivity index (χ2n) is 1.98. The van der Waals surface area contributed by atoms with Crippen molar-refractivity contribution in [1.82, 2.24) is 4.98 Å². The fourth-order valence-corrected chi connectivity index (χ4v) is 1.96. The Hall–Kier alpha value is -0.0500. The third-order valence-electron chi connectivity index (χ3n) is 1.03. The second-order valence-corrected chi connectivity index (χ2v) is 4.00. The van der Waals surface area contributed by atoms with E-state index in [0.29, 0.717) is 3.57 Å². The van der Waals surface area contributed by atoms with Gasteiger partial charge in [0, 0.05) is 12.4 Å². The highest BCUT2D eigenvalue weighted by molar-refractivity contribution is 14.1. The summed E-state index contributed by atoms with van der Waals surface area (Å²) in [7, 11) is 0. The lowest BCUT2D eigenvalue weighted by molar-refractivity contribution is -0.275. The van der Waals surface area contributed by atoms with Gasteiger partial charge in [0.15, 0.2) is 5.75 Å². The van der Waals surface area contributed by atoms with Gasteiger partial charge in [0.2, 0.25) is 0 Å². The van der Waals surface area contributed by atoms with Crippen LogP contribution in [0, 0.1) is 3.57 Å². The molecule has 0 atom stereocenters. The summed E-state index contributed by atoms with van der Waals surface area (Å²) in [6.45, 7) is 0. The molecule has 0 N–H and O–H groups in total. The third kappa shape index (κ3) is 3.29. The van der Waals surface area contributed by atoms with Crippen LogP contribution in [0.15, 0.2) is 16.9 Å². The number of halogens is 5. The first-order valence-corrected chi connectivity index (χ1v) is 4.82. The van der Waals surface area contributed by atoms with Crippen LogP contribution in [0.3, 0.4) is 0 Å². The van der Waals surface area contributed by atoms with Crippen LogP contribution in [0.1, 0.15) is 0 Å². The first-order valence-electron chi connectivity index (χ1n) is 2.95. The molecule has 0 radical (unpaired) electrons. The van der Waals surface area contributed by atoms with Crippen molar-refractivity contribution in [1.29, 1.82) is 0 Å².